The number of carbonyl (C=O) groups excluding carboxylic acids is 1. The minimum Gasteiger partial charge on any atom is -0.381 e. The lowest BCUT2D eigenvalue weighted by atomic mass is 9.76. The smallest absolute Gasteiger partial charge is 0.317 e. The van der Waals surface area contributed by atoms with Crippen molar-refractivity contribution in [1.82, 2.24) is 10.2 Å². The summed E-state index contributed by atoms with van der Waals surface area (Å²) in [6.45, 7) is 1.57. The van der Waals surface area contributed by atoms with Gasteiger partial charge in [-0.15, -0.1) is 0 Å². The molecule has 2 aliphatic rings. The molecule has 1 aliphatic heterocycles. The van der Waals surface area contributed by atoms with Gasteiger partial charge in [0, 0.05) is 31.3 Å². The average Bonchev–Trinajstić information content (AvgIpc) is 2.50. The van der Waals surface area contributed by atoms with Crippen molar-refractivity contribution in [1.29, 1.82) is 0 Å². The number of methoxy groups -OCH3 is 1. The molecule has 1 aliphatic carbocycles. The van der Waals surface area contributed by atoms with E-state index in [1.165, 1.54) is 5.56 Å². The Balaban J connectivity index is 1.43. The molecule has 4 nitrogen and oxygen atoms in total. The van der Waals surface area contributed by atoms with Crippen LogP contribution in [0.1, 0.15) is 37.2 Å². The van der Waals surface area contributed by atoms with Gasteiger partial charge < -0.3 is 15.0 Å². The van der Waals surface area contributed by atoms with Crippen LogP contribution in [0.4, 0.5) is 4.79 Å². The highest BCUT2D eigenvalue weighted by Crippen LogP contribution is 2.37. The third-order valence-electron chi connectivity index (χ3n) is 4.85. The first-order valence-electron chi connectivity index (χ1n) is 7.99. The highest BCUT2D eigenvalue weighted by atomic mass is 35.5. The summed E-state index contributed by atoms with van der Waals surface area (Å²) < 4.78 is 5.34. The first kappa shape index (κ1) is 15.6. The Bertz CT molecular complexity index is 523. The highest BCUT2D eigenvalue weighted by molar-refractivity contribution is 6.30. The molecule has 1 heterocycles. The number of likely N-dealkylation sites (tertiary alicyclic amines) is 1. The molecule has 22 heavy (non-hydrogen) atoms. The number of benzene rings is 1. The van der Waals surface area contributed by atoms with Crippen molar-refractivity contribution in [3.8, 4) is 0 Å². The molecule has 2 amide bonds. The Hall–Kier alpha value is -1.26. The maximum absolute atomic E-state index is 12.2. The number of nitrogens with zero attached hydrogens (tertiary/aromatic N) is 1. The monoisotopic (exact) mass is 322 g/mol. The summed E-state index contributed by atoms with van der Waals surface area (Å²) in [7, 11) is 1.74. The normalized spacial score (nSPS) is 25.6. The SMILES string of the molecule is COC1CCN(C(=O)NC2CC(c3cccc(Cl)c3)C2)CC1. The zero-order valence-electron chi connectivity index (χ0n) is 12.9. The maximum atomic E-state index is 12.2. The quantitative estimate of drug-likeness (QED) is 0.926. The number of hydrogen-bond acceptors (Lipinski definition) is 2. The second-order valence-electron chi connectivity index (χ2n) is 6.29. The predicted octanol–water partition coefficient (Wildman–Crippen LogP) is 3.41. The molecule has 1 N–H and O–H groups in total. The second-order valence-corrected chi connectivity index (χ2v) is 6.73. The van der Waals surface area contributed by atoms with Crippen LogP contribution in [-0.2, 0) is 4.74 Å². The Morgan fingerprint density at radius 3 is 2.68 bits per heavy atom. The summed E-state index contributed by atoms with van der Waals surface area (Å²) in [5.74, 6) is 0.517. The van der Waals surface area contributed by atoms with Gasteiger partial charge >= 0.3 is 6.03 Å². The zero-order valence-corrected chi connectivity index (χ0v) is 13.7. The molecule has 3 rings (SSSR count). The summed E-state index contributed by atoms with van der Waals surface area (Å²) in [4.78, 5) is 14.2. The molecular weight excluding hydrogens is 300 g/mol. The molecule has 0 bridgehead atoms. The Morgan fingerprint density at radius 2 is 2.05 bits per heavy atom. The maximum Gasteiger partial charge on any atom is 0.317 e. The second kappa shape index (κ2) is 6.88. The Kier molecular flexibility index (Phi) is 4.89. The van der Waals surface area contributed by atoms with Gasteiger partial charge in [-0.25, -0.2) is 4.79 Å². The number of rotatable bonds is 3. The van der Waals surface area contributed by atoms with Crippen LogP contribution in [-0.4, -0.2) is 43.3 Å². The first-order valence-corrected chi connectivity index (χ1v) is 8.37. The fourth-order valence-corrected chi connectivity index (χ4v) is 3.53. The molecule has 0 spiro atoms. The zero-order chi connectivity index (χ0) is 15.5. The van der Waals surface area contributed by atoms with Crippen molar-refractivity contribution in [2.75, 3.05) is 20.2 Å². The summed E-state index contributed by atoms with van der Waals surface area (Å²) in [5, 5.41) is 3.93. The lowest BCUT2D eigenvalue weighted by Gasteiger charge is -2.39. The van der Waals surface area contributed by atoms with Crippen LogP contribution in [0.3, 0.4) is 0 Å². The van der Waals surface area contributed by atoms with Gasteiger partial charge in [-0.2, -0.15) is 0 Å². The van der Waals surface area contributed by atoms with Crippen molar-refractivity contribution < 1.29 is 9.53 Å². The molecule has 0 atom stereocenters. The van der Waals surface area contributed by atoms with Gasteiger partial charge in [0.2, 0.25) is 0 Å². The lowest BCUT2D eigenvalue weighted by Crippen LogP contribution is -2.51. The van der Waals surface area contributed by atoms with E-state index in [1.54, 1.807) is 7.11 Å². The van der Waals surface area contributed by atoms with Crippen LogP contribution in [0.25, 0.3) is 0 Å². The third kappa shape index (κ3) is 3.55. The topological polar surface area (TPSA) is 41.6 Å². The van der Waals surface area contributed by atoms with Gasteiger partial charge in [-0.3, -0.25) is 0 Å². The number of urea groups is 1. The van der Waals surface area contributed by atoms with E-state index in [0.717, 1.165) is 43.8 Å². The molecule has 0 aromatic heterocycles. The van der Waals surface area contributed by atoms with Gasteiger partial charge in [-0.05, 0) is 49.3 Å². The minimum absolute atomic E-state index is 0.0732. The predicted molar refractivity (Wildman–Crippen MR) is 87.4 cm³/mol. The van der Waals surface area contributed by atoms with Crippen LogP contribution >= 0.6 is 11.6 Å². The number of amides is 2. The van der Waals surface area contributed by atoms with Gasteiger partial charge in [0.15, 0.2) is 0 Å². The molecule has 1 aromatic rings. The van der Waals surface area contributed by atoms with Crippen LogP contribution in [0.5, 0.6) is 0 Å². The summed E-state index contributed by atoms with van der Waals surface area (Å²) >= 11 is 6.03. The van der Waals surface area contributed by atoms with E-state index >= 15 is 0 Å². The van der Waals surface area contributed by atoms with Crippen molar-refractivity contribution in [2.24, 2.45) is 0 Å². The van der Waals surface area contributed by atoms with E-state index in [0.29, 0.717) is 12.0 Å². The van der Waals surface area contributed by atoms with Gasteiger partial charge in [0.1, 0.15) is 0 Å². The van der Waals surface area contributed by atoms with Crippen molar-refractivity contribution >= 4 is 17.6 Å². The summed E-state index contributed by atoms with van der Waals surface area (Å²) in [5.41, 5.74) is 1.28. The fraction of sp³-hybridized carbons (Fsp3) is 0.588. The van der Waals surface area contributed by atoms with E-state index in [9.17, 15) is 4.79 Å². The largest absolute Gasteiger partial charge is 0.381 e. The number of nitrogens with one attached hydrogen (secondary N) is 1. The molecule has 5 heteroatoms. The summed E-state index contributed by atoms with van der Waals surface area (Å²) in [6.07, 6.45) is 4.17. The fourth-order valence-electron chi connectivity index (χ4n) is 3.33. The molecule has 0 radical (unpaired) electrons. The molecule has 1 saturated heterocycles. The molecule has 0 unspecified atom stereocenters. The minimum atomic E-state index is 0.0732. The Morgan fingerprint density at radius 1 is 1.32 bits per heavy atom. The van der Waals surface area contributed by atoms with Crippen LogP contribution in [0.2, 0.25) is 5.02 Å². The number of piperidine rings is 1. The van der Waals surface area contributed by atoms with Gasteiger partial charge in [0.05, 0.1) is 6.10 Å². The van der Waals surface area contributed by atoms with Crippen LogP contribution in [0, 0.1) is 0 Å². The number of hydrogen-bond donors (Lipinski definition) is 1. The number of halogens is 1. The lowest BCUT2D eigenvalue weighted by molar-refractivity contribution is 0.0494. The molecule has 120 valence electrons. The molecule has 1 aromatic carbocycles. The molecule has 1 saturated carbocycles. The van der Waals surface area contributed by atoms with Crippen LogP contribution < -0.4 is 5.32 Å². The van der Waals surface area contributed by atoms with E-state index in [1.807, 2.05) is 23.1 Å². The van der Waals surface area contributed by atoms with E-state index in [-0.39, 0.29) is 12.1 Å². The third-order valence-corrected chi connectivity index (χ3v) is 5.08. The molecular formula is C17H23ClN2O2. The average molecular weight is 323 g/mol. The van der Waals surface area contributed by atoms with Crippen molar-refractivity contribution in [2.45, 2.75) is 43.7 Å². The Labute approximate surface area is 136 Å². The number of ether oxygens (including phenoxy) is 1. The molecule has 2 fully saturated rings. The van der Waals surface area contributed by atoms with Crippen molar-refractivity contribution in [3.63, 3.8) is 0 Å². The van der Waals surface area contributed by atoms with E-state index in [2.05, 4.69) is 11.4 Å². The summed E-state index contributed by atoms with van der Waals surface area (Å²) in [6, 6.07) is 8.39. The first-order chi connectivity index (χ1) is 10.7. The van der Waals surface area contributed by atoms with E-state index < -0.39 is 0 Å². The van der Waals surface area contributed by atoms with E-state index in [4.69, 9.17) is 16.3 Å². The van der Waals surface area contributed by atoms with Crippen LogP contribution in [0.15, 0.2) is 24.3 Å². The number of carbonyl (C=O) groups is 1. The standard InChI is InChI=1S/C17H23ClN2O2/c1-22-16-5-7-20(8-6-16)17(21)19-15-10-13(11-15)12-3-2-4-14(18)9-12/h2-4,9,13,15-16H,5-8,10-11H2,1H3,(H,19,21). The van der Waals surface area contributed by atoms with Crippen molar-refractivity contribution in [3.05, 3.63) is 34.9 Å². The highest BCUT2D eigenvalue weighted by Gasteiger charge is 2.33. The van der Waals surface area contributed by atoms with Gasteiger partial charge in [0.25, 0.3) is 0 Å². The van der Waals surface area contributed by atoms with Gasteiger partial charge in [-0.1, -0.05) is 23.7 Å².